The molecule has 0 aliphatic carbocycles. The Morgan fingerprint density at radius 2 is 1.86 bits per heavy atom. The minimum Gasteiger partial charge on any atom is -0.496 e. The topological polar surface area (TPSA) is 9.23 Å². The van der Waals surface area contributed by atoms with E-state index in [0.29, 0.717) is 10.9 Å². The van der Waals surface area contributed by atoms with E-state index in [4.69, 9.17) is 16.3 Å². The molecule has 0 saturated carbocycles. The zero-order chi connectivity index (χ0) is 15.2. The Hall–Kier alpha value is -1.06. The van der Waals surface area contributed by atoms with Crippen molar-refractivity contribution in [1.29, 1.82) is 0 Å². The molecule has 0 saturated heterocycles. The summed E-state index contributed by atoms with van der Waals surface area (Å²) >= 11 is 9.69. The van der Waals surface area contributed by atoms with Crippen LogP contribution in [0.5, 0.6) is 5.75 Å². The molecule has 0 N–H and O–H groups in total. The molecule has 2 aromatic carbocycles. The van der Waals surface area contributed by atoms with Crippen molar-refractivity contribution in [3.8, 4) is 5.75 Å². The number of hydrogen-bond acceptors (Lipinski definition) is 1. The van der Waals surface area contributed by atoms with Crippen molar-refractivity contribution in [2.24, 2.45) is 5.92 Å². The zero-order valence-electron chi connectivity index (χ0n) is 11.8. The Balaban J connectivity index is 2.15. The van der Waals surface area contributed by atoms with Crippen molar-refractivity contribution >= 4 is 27.5 Å². The van der Waals surface area contributed by atoms with Gasteiger partial charge in [-0.1, -0.05) is 45.7 Å². The summed E-state index contributed by atoms with van der Waals surface area (Å²) in [5.74, 6) is 0.953. The standard InChI is InChI=1S/C17H17BrClFO/c1-21-17-5-3-2-4-13(17)8-12(11-18)9-14-10-15(20)6-7-16(14)19/h2-7,10,12H,8-9,11H2,1H3. The van der Waals surface area contributed by atoms with Crippen LogP contribution in [-0.2, 0) is 12.8 Å². The van der Waals surface area contributed by atoms with Crippen LogP contribution >= 0.6 is 27.5 Å². The van der Waals surface area contributed by atoms with E-state index in [2.05, 4.69) is 22.0 Å². The summed E-state index contributed by atoms with van der Waals surface area (Å²) in [6.45, 7) is 0. The van der Waals surface area contributed by atoms with Crippen LogP contribution in [-0.4, -0.2) is 12.4 Å². The maximum Gasteiger partial charge on any atom is 0.123 e. The molecular weight excluding hydrogens is 355 g/mol. The molecule has 0 aliphatic heterocycles. The van der Waals surface area contributed by atoms with Gasteiger partial charge in [-0.3, -0.25) is 0 Å². The third-order valence-electron chi connectivity index (χ3n) is 3.44. The second kappa shape index (κ2) is 7.81. The van der Waals surface area contributed by atoms with E-state index in [1.54, 1.807) is 13.2 Å². The smallest absolute Gasteiger partial charge is 0.123 e. The molecule has 0 amide bonds. The highest BCUT2D eigenvalue weighted by molar-refractivity contribution is 9.09. The number of methoxy groups -OCH3 is 1. The Labute approximate surface area is 138 Å². The van der Waals surface area contributed by atoms with Crippen molar-refractivity contribution in [2.45, 2.75) is 12.8 Å². The lowest BCUT2D eigenvalue weighted by Crippen LogP contribution is -2.11. The van der Waals surface area contributed by atoms with Gasteiger partial charge >= 0.3 is 0 Å². The third kappa shape index (κ3) is 4.45. The maximum absolute atomic E-state index is 13.4. The van der Waals surface area contributed by atoms with Crippen molar-refractivity contribution in [3.05, 3.63) is 64.4 Å². The summed E-state index contributed by atoms with van der Waals surface area (Å²) < 4.78 is 18.7. The molecule has 0 fully saturated rings. The molecule has 0 heterocycles. The highest BCUT2D eigenvalue weighted by Gasteiger charge is 2.14. The number of hydrogen-bond donors (Lipinski definition) is 0. The summed E-state index contributed by atoms with van der Waals surface area (Å²) in [7, 11) is 1.67. The van der Waals surface area contributed by atoms with Crippen molar-refractivity contribution < 1.29 is 9.13 Å². The minimum atomic E-state index is -0.250. The first-order chi connectivity index (χ1) is 10.1. The molecule has 2 aromatic rings. The number of halogens is 3. The lowest BCUT2D eigenvalue weighted by molar-refractivity contribution is 0.406. The molecule has 1 unspecified atom stereocenters. The van der Waals surface area contributed by atoms with Gasteiger partial charge in [-0.25, -0.2) is 4.39 Å². The van der Waals surface area contributed by atoms with E-state index in [9.17, 15) is 4.39 Å². The van der Waals surface area contributed by atoms with Gasteiger partial charge in [0.15, 0.2) is 0 Å². The van der Waals surface area contributed by atoms with Gasteiger partial charge in [0.1, 0.15) is 11.6 Å². The van der Waals surface area contributed by atoms with Crippen LogP contribution in [0.1, 0.15) is 11.1 Å². The second-order valence-electron chi connectivity index (χ2n) is 4.98. The third-order valence-corrected chi connectivity index (χ3v) is 4.72. The fourth-order valence-electron chi connectivity index (χ4n) is 2.37. The summed E-state index contributed by atoms with van der Waals surface area (Å²) in [6, 6.07) is 12.5. The highest BCUT2D eigenvalue weighted by Crippen LogP contribution is 2.26. The Morgan fingerprint density at radius 3 is 2.57 bits per heavy atom. The van der Waals surface area contributed by atoms with Crippen LogP contribution in [0, 0.1) is 11.7 Å². The maximum atomic E-state index is 13.4. The predicted octanol–water partition coefficient (Wildman–Crippen LogP) is 5.28. The quantitative estimate of drug-likeness (QED) is 0.627. The normalized spacial score (nSPS) is 12.2. The van der Waals surface area contributed by atoms with Crippen LogP contribution in [0.3, 0.4) is 0 Å². The van der Waals surface area contributed by atoms with Crippen molar-refractivity contribution in [2.75, 3.05) is 12.4 Å². The van der Waals surface area contributed by atoms with E-state index >= 15 is 0 Å². The Bertz CT molecular complexity index is 603. The van der Waals surface area contributed by atoms with E-state index < -0.39 is 0 Å². The number of alkyl halides is 1. The molecule has 0 bridgehead atoms. The molecule has 0 spiro atoms. The number of para-hydroxylation sites is 1. The van der Waals surface area contributed by atoms with E-state index in [-0.39, 0.29) is 5.82 Å². The van der Waals surface area contributed by atoms with Crippen LogP contribution in [0.25, 0.3) is 0 Å². The fraction of sp³-hybridized carbons (Fsp3) is 0.294. The van der Waals surface area contributed by atoms with E-state index in [1.165, 1.54) is 12.1 Å². The molecule has 1 nitrogen and oxygen atoms in total. The van der Waals surface area contributed by atoms with E-state index in [1.807, 2.05) is 18.2 Å². The van der Waals surface area contributed by atoms with Gasteiger partial charge in [-0.2, -0.15) is 0 Å². The average molecular weight is 372 g/mol. The molecule has 0 aromatic heterocycles. The monoisotopic (exact) mass is 370 g/mol. The SMILES string of the molecule is COc1ccccc1CC(CBr)Cc1cc(F)ccc1Cl. The largest absolute Gasteiger partial charge is 0.496 e. The number of ether oxygens (including phenoxy) is 1. The Morgan fingerprint density at radius 1 is 1.14 bits per heavy atom. The minimum absolute atomic E-state index is 0.250. The highest BCUT2D eigenvalue weighted by atomic mass is 79.9. The lowest BCUT2D eigenvalue weighted by atomic mass is 9.93. The van der Waals surface area contributed by atoms with Gasteiger partial charge in [-0.15, -0.1) is 0 Å². The van der Waals surface area contributed by atoms with Crippen LogP contribution in [0.2, 0.25) is 5.02 Å². The predicted molar refractivity (Wildman–Crippen MR) is 89.1 cm³/mol. The summed E-state index contributed by atoms with van der Waals surface area (Å²) in [5.41, 5.74) is 1.99. The van der Waals surface area contributed by atoms with Crippen LogP contribution in [0.4, 0.5) is 4.39 Å². The first-order valence-corrected chi connectivity index (χ1v) is 8.25. The van der Waals surface area contributed by atoms with Gasteiger partial charge in [0.25, 0.3) is 0 Å². The van der Waals surface area contributed by atoms with Gasteiger partial charge < -0.3 is 4.74 Å². The zero-order valence-corrected chi connectivity index (χ0v) is 14.1. The van der Waals surface area contributed by atoms with E-state index in [0.717, 1.165) is 35.0 Å². The van der Waals surface area contributed by atoms with Gasteiger partial charge in [0.05, 0.1) is 7.11 Å². The van der Waals surface area contributed by atoms with Gasteiger partial charge in [-0.05, 0) is 54.2 Å². The molecule has 1 atom stereocenters. The van der Waals surface area contributed by atoms with Gasteiger partial charge in [0, 0.05) is 10.4 Å². The van der Waals surface area contributed by atoms with Crippen LogP contribution in [0.15, 0.2) is 42.5 Å². The molecule has 0 aliphatic rings. The summed E-state index contributed by atoms with van der Waals surface area (Å²) in [6.07, 6.45) is 1.57. The molecule has 2 rings (SSSR count). The van der Waals surface area contributed by atoms with Crippen LogP contribution < -0.4 is 4.74 Å². The fourth-order valence-corrected chi connectivity index (χ4v) is 3.03. The van der Waals surface area contributed by atoms with Crippen molar-refractivity contribution in [3.63, 3.8) is 0 Å². The molecule has 0 radical (unpaired) electrons. The molecule has 112 valence electrons. The van der Waals surface area contributed by atoms with Crippen molar-refractivity contribution in [1.82, 2.24) is 0 Å². The Kier molecular flexibility index (Phi) is 6.07. The first-order valence-electron chi connectivity index (χ1n) is 6.75. The van der Waals surface area contributed by atoms with Gasteiger partial charge in [0.2, 0.25) is 0 Å². The first kappa shape index (κ1) is 16.3. The molecular formula is C17H17BrClFO. The number of benzene rings is 2. The number of rotatable bonds is 6. The molecule has 21 heavy (non-hydrogen) atoms. The summed E-state index contributed by atoms with van der Waals surface area (Å²) in [4.78, 5) is 0. The lowest BCUT2D eigenvalue weighted by Gasteiger charge is -2.17. The second-order valence-corrected chi connectivity index (χ2v) is 6.03. The average Bonchev–Trinajstić information content (AvgIpc) is 2.50. The molecule has 4 heteroatoms. The summed E-state index contributed by atoms with van der Waals surface area (Å²) in [5, 5.41) is 1.43.